The van der Waals surface area contributed by atoms with Crippen LogP contribution in [0.4, 0.5) is 0 Å². The minimum atomic E-state index is -0.962. The van der Waals surface area contributed by atoms with E-state index >= 15 is 0 Å². The number of carbonyl (C=O) groups is 4. The molecular weight excluding hydrogens is 656 g/mol. The molecule has 51 heavy (non-hydrogen) atoms. The predicted octanol–water partition coefficient (Wildman–Crippen LogP) is 2.67. The lowest BCUT2D eigenvalue weighted by Crippen LogP contribution is -2.49. The summed E-state index contributed by atoms with van der Waals surface area (Å²) in [6, 6.07) is 9.13. The van der Waals surface area contributed by atoms with E-state index in [-0.39, 0.29) is 67.3 Å². The number of hydrogen-bond donors (Lipinski definition) is 3. The third kappa shape index (κ3) is 8.28. The summed E-state index contributed by atoms with van der Waals surface area (Å²) in [6.07, 6.45) is 3.81. The molecule has 0 saturated heterocycles. The smallest absolute Gasteiger partial charge is 0.274 e. The summed E-state index contributed by atoms with van der Waals surface area (Å²) in [5.74, 6) is -0.766. The number of benzene rings is 1. The minimum absolute atomic E-state index is 0.00396. The van der Waals surface area contributed by atoms with Crippen LogP contribution >= 0.6 is 0 Å². The second kappa shape index (κ2) is 15.3. The Labute approximate surface area is 293 Å². The monoisotopic (exact) mass is 696 g/mol. The molecule has 16 heteroatoms. The zero-order valence-corrected chi connectivity index (χ0v) is 28.9. The van der Waals surface area contributed by atoms with Gasteiger partial charge in [-0.3, -0.25) is 19.2 Å². The van der Waals surface area contributed by atoms with Crippen LogP contribution in [0.5, 0.6) is 0 Å². The first-order valence-corrected chi connectivity index (χ1v) is 16.8. The molecule has 0 spiro atoms. The Morgan fingerprint density at radius 2 is 1.78 bits per heavy atom. The quantitative estimate of drug-likeness (QED) is 0.226. The first-order valence-electron chi connectivity index (χ1n) is 16.8. The molecule has 4 aromatic heterocycles. The molecule has 0 radical (unpaired) electrons. The molecule has 1 aliphatic rings. The van der Waals surface area contributed by atoms with Gasteiger partial charge in [0.25, 0.3) is 17.6 Å². The molecule has 2 atom stereocenters. The molecule has 0 aliphatic carbocycles. The van der Waals surface area contributed by atoms with Crippen molar-refractivity contribution in [1.29, 1.82) is 0 Å². The van der Waals surface area contributed by atoms with Gasteiger partial charge in [-0.15, -0.1) is 0 Å². The fourth-order valence-electron chi connectivity index (χ4n) is 6.09. The molecule has 6 rings (SSSR count). The number of aryl methyl sites for hydroxylation is 2. The van der Waals surface area contributed by atoms with E-state index in [9.17, 15) is 19.2 Å². The molecule has 3 N–H and O–H groups in total. The van der Waals surface area contributed by atoms with Gasteiger partial charge in [0.2, 0.25) is 17.7 Å². The van der Waals surface area contributed by atoms with E-state index in [4.69, 9.17) is 8.94 Å². The SMILES string of the molecule is Cc1nc2ncnn2c(C)c1CCC(=O)N1CCNC(=O)[C@H](Cc2ccccc2)NC(=O)c2coc(n2)[C@@H](CC(C)C)NC(=O)c2cc(on2)C1. The van der Waals surface area contributed by atoms with Crippen LogP contribution in [0.15, 0.2) is 57.9 Å². The highest BCUT2D eigenvalue weighted by atomic mass is 16.5. The molecule has 0 saturated carbocycles. The van der Waals surface area contributed by atoms with E-state index in [1.165, 1.54) is 23.6 Å². The van der Waals surface area contributed by atoms with E-state index in [0.717, 1.165) is 22.5 Å². The van der Waals surface area contributed by atoms with Gasteiger partial charge in [-0.25, -0.2) is 14.5 Å². The number of aromatic nitrogens is 6. The van der Waals surface area contributed by atoms with Crippen LogP contribution in [-0.4, -0.2) is 77.4 Å². The predicted molar refractivity (Wildman–Crippen MR) is 181 cm³/mol. The summed E-state index contributed by atoms with van der Waals surface area (Å²) in [5, 5.41) is 16.8. The van der Waals surface area contributed by atoms with Gasteiger partial charge in [0.15, 0.2) is 17.1 Å². The first-order chi connectivity index (χ1) is 24.5. The summed E-state index contributed by atoms with van der Waals surface area (Å²) in [7, 11) is 0. The number of oxazole rings is 1. The van der Waals surface area contributed by atoms with Crippen LogP contribution in [0, 0.1) is 19.8 Å². The van der Waals surface area contributed by atoms with Crippen molar-refractivity contribution in [2.24, 2.45) is 5.92 Å². The van der Waals surface area contributed by atoms with E-state index in [1.807, 2.05) is 58.0 Å². The van der Waals surface area contributed by atoms with Crippen LogP contribution < -0.4 is 16.0 Å². The third-order valence-corrected chi connectivity index (χ3v) is 8.72. The molecule has 1 aliphatic heterocycles. The Morgan fingerprint density at radius 1 is 1.02 bits per heavy atom. The number of hydrogen-bond acceptors (Lipinski definition) is 11. The van der Waals surface area contributed by atoms with Crippen LogP contribution in [-0.2, 0) is 29.0 Å². The van der Waals surface area contributed by atoms with Gasteiger partial charge >= 0.3 is 0 Å². The Hall–Kier alpha value is -5.93. The van der Waals surface area contributed by atoms with Crippen molar-refractivity contribution in [3.05, 3.63) is 94.5 Å². The first kappa shape index (κ1) is 34.9. The molecular formula is C35H40N10O6. The van der Waals surface area contributed by atoms with Gasteiger partial charge in [0.05, 0.1) is 6.54 Å². The van der Waals surface area contributed by atoms with Gasteiger partial charge in [-0.2, -0.15) is 10.1 Å². The zero-order chi connectivity index (χ0) is 36.1. The van der Waals surface area contributed by atoms with Crippen molar-refractivity contribution >= 4 is 29.4 Å². The second-order valence-corrected chi connectivity index (χ2v) is 13.0. The highest BCUT2D eigenvalue weighted by Gasteiger charge is 2.28. The molecule has 4 amide bonds. The average molecular weight is 697 g/mol. The lowest BCUT2D eigenvalue weighted by molar-refractivity contribution is -0.132. The average Bonchev–Trinajstić information content (AvgIpc) is 3.89. The molecule has 16 nitrogen and oxygen atoms in total. The lowest BCUT2D eigenvalue weighted by Gasteiger charge is -2.23. The van der Waals surface area contributed by atoms with Gasteiger partial charge in [0, 0.05) is 43.4 Å². The molecule has 0 fully saturated rings. The van der Waals surface area contributed by atoms with E-state index in [2.05, 4.69) is 41.2 Å². The van der Waals surface area contributed by atoms with Gasteiger partial charge < -0.3 is 29.8 Å². The van der Waals surface area contributed by atoms with E-state index in [1.54, 1.807) is 4.52 Å². The van der Waals surface area contributed by atoms with Crippen LogP contribution in [0.1, 0.15) is 87.9 Å². The number of fused-ring (bicyclic) bond motifs is 5. The van der Waals surface area contributed by atoms with Gasteiger partial charge in [-0.1, -0.05) is 49.3 Å². The molecule has 4 bridgehead atoms. The van der Waals surface area contributed by atoms with Crippen LogP contribution in [0.25, 0.3) is 5.78 Å². The highest BCUT2D eigenvalue weighted by molar-refractivity contribution is 5.96. The minimum Gasteiger partial charge on any atom is -0.446 e. The maximum absolute atomic E-state index is 13.8. The fourth-order valence-corrected chi connectivity index (χ4v) is 6.09. The van der Waals surface area contributed by atoms with E-state index in [0.29, 0.717) is 18.6 Å². The summed E-state index contributed by atoms with van der Waals surface area (Å²) in [5.41, 5.74) is 3.27. The number of rotatable bonds is 7. The Balaban J connectivity index is 1.27. The molecule has 5 aromatic rings. The number of nitrogens with zero attached hydrogens (tertiary/aromatic N) is 7. The Bertz CT molecular complexity index is 2030. The zero-order valence-electron chi connectivity index (χ0n) is 28.9. The van der Waals surface area contributed by atoms with Crippen molar-refractivity contribution in [3.63, 3.8) is 0 Å². The normalized spacial score (nSPS) is 17.5. The standard InChI is InChI=1S/C35H40N10O6/c1-20(2)14-28-34-42-29(18-50-34)33(49)40-26(15-23-8-6-5-7-9-23)31(47)36-12-13-44(17-24-16-27(43-51-24)32(48)41-28)30(46)11-10-25-21(3)39-35-37-19-38-45(35)22(25)4/h5-9,16,18-20,26,28H,10-15,17H2,1-4H3,(H,36,47)(H,40,49)(H,41,48)/t26-,28+/m0/s1. The summed E-state index contributed by atoms with van der Waals surface area (Å²) in [6.45, 7) is 7.91. The molecule has 1 aromatic carbocycles. The van der Waals surface area contributed by atoms with Crippen molar-refractivity contribution in [3.8, 4) is 0 Å². The maximum atomic E-state index is 13.8. The summed E-state index contributed by atoms with van der Waals surface area (Å²) < 4.78 is 12.8. The van der Waals surface area contributed by atoms with Crippen molar-refractivity contribution in [2.75, 3.05) is 13.1 Å². The topological polar surface area (TPSA) is 203 Å². The molecule has 5 heterocycles. The van der Waals surface area contributed by atoms with Crippen LogP contribution in [0.3, 0.4) is 0 Å². The van der Waals surface area contributed by atoms with Gasteiger partial charge in [-0.05, 0) is 43.7 Å². The molecule has 266 valence electrons. The number of amides is 4. The van der Waals surface area contributed by atoms with E-state index < -0.39 is 29.8 Å². The second-order valence-electron chi connectivity index (χ2n) is 13.0. The largest absolute Gasteiger partial charge is 0.446 e. The van der Waals surface area contributed by atoms with Crippen molar-refractivity contribution < 1.29 is 28.1 Å². The maximum Gasteiger partial charge on any atom is 0.274 e. The highest BCUT2D eigenvalue weighted by Crippen LogP contribution is 2.23. The van der Waals surface area contributed by atoms with Crippen molar-refractivity contribution in [2.45, 2.75) is 72.0 Å². The Kier molecular flexibility index (Phi) is 10.5. The number of nitrogens with one attached hydrogen (secondary N) is 3. The number of carbonyl (C=O) groups excluding carboxylic acids is 4. The van der Waals surface area contributed by atoms with Gasteiger partial charge in [0.1, 0.15) is 24.7 Å². The lowest BCUT2D eigenvalue weighted by atomic mass is 10.0. The summed E-state index contributed by atoms with van der Waals surface area (Å²) in [4.78, 5) is 68.7. The third-order valence-electron chi connectivity index (χ3n) is 8.72. The molecule has 0 unspecified atom stereocenters. The van der Waals surface area contributed by atoms with Crippen molar-refractivity contribution in [1.82, 2.24) is 50.6 Å². The summed E-state index contributed by atoms with van der Waals surface area (Å²) >= 11 is 0. The Morgan fingerprint density at radius 3 is 2.57 bits per heavy atom. The fraction of sp³-hybridized carbons (Fsp3) is 0.400. The van der Waals surface area contributed by atoms with Crippen LogP contribution in [0.2, 0.25) is 0 Å².